The molecule has 1 saturated carbocycles. The van der Waals surface area contributed by atoms with Crippen molar-refractivity contribution in [3.63, 3.8) is 0 Å². The summed E-state index contributed by atoms with van der Waals surface area (Å²) in [6.07, 6.45) is 6.71. The third-order valence-corrected chi connectivity index (χ3v) is 8.45. The van der Waals surface area contributed by atoms with Gasteiger partial charge in [-0.3, -0.25) is 4.90 Å². The molecule has 0 radical (unpaired) electrons. The minimum absolute atomic E-state index is 0.0470. The highest BCUT2D eigenvalue weighted by molar-refractivity contribution is 5.70. The Labute approximate surface area is 196 Å². The largest absolute Gasteiger partial charge is 0.494 e. The Morgan fingerprint density at radius 1 is 1.09 bits per heavy atom. The third kappa shape index (κ3) is 4.01. The fourth-order valence-corrected chi connectivity index (χ4v) is 6.34. The zero-order valence-corrected chi connectivity index (χ0v) is 19.5. The van der Waals surface area contributed by atoms with Crippen molar-refractivity contribution in [2.45, 2.75) is 57.6 Å². The van der Waals surface area contributed by atoms with Gasteiger partial charge in [-0.05, 0) is 104 Å². The lowest BCUT2D eigenvalue weighted by Crippen LogP contribution is -2.53. The van der Waals surface area contributed by atoms with E-state index in [1.54, 1.807) is 0 Å². The predicted octanol–water partition coefficient (Wildman–Crippen LogP) is 5.34. The number of carbonyl (C=O) groups excluding carboxylic acids is 1. The second-order valence-corrected chi connectivity index (χ2v) is 10.4. The van der Waals surface area contributed by atoms with Gasteiger partial charge in [-0.15, -0.1) is 0 Å². The monoisotopic (exact) mass is 446 g/mol. The molecule has 1 unspecified atom stereocenters. The smallest absolute Gasteiger partial charge is 0.407 e. The second-order valence-electron chi connectivity index (χ2n) is 10.4. The van der Waals surface area contributed by atoms with Crippen LogP contribution in [-0.2, 0) is 11.2 Å². The van der Waals surface area contributed by atoms with Gasteiger partial charge in [0.15, 0.2) is 0 Å². The first-order valence-electron chi connectivity index (χ1n) is 12.7. The van der Waals surface area contributed by atoms with E-state index in [4.69, 9.17) is 9.47 Å². The summed E-state index contributed by atoms with van der Waals surface area (Å²) < 4.78 is 11.7. The van der Waals surface area contributed by atoms with E-state index in [0.29, 0.717) is 12.5 Å². The van der Waals surface area contributed by atoms with Crippen molar-refractivity contribution in [1.82, 2.24) is 10.2 Å². The first-order valence-corrected chi connectivity index (χ1v) is 12.7. The number of hydrogen-bond acceptors (Lipinski definition) is 4. The summed E-state index contributed by atoms with van der Waals surface area (Å²) in [6, 6.07) is 15.1. The number of rotatable bonds is 5. The van der Waals surface area contributed by atoms with Crippen molar-refractivity contribution in [3.05, 3.63) is 53.6 Å². The van der Waals surface area contributed by atoms with Crippen LogP contribution < -0.4 is 10.1 Å². The highest BCUT2D eigenvalue weighted by atomic mass is 16.6. The number of ether oxygens (including phenoxy) is 2. The summed E-state index contributed by atoms with van der Waals surface area (Å²) >= 11 is 0. The highest BCUT2D eigenvalue weighted by Crippen LogP contribution is 2.61. The van der Waals surface area contributed by atoms with Crippen LogP contribution in [0.1, 0.15) is 56.2 Å². The number of nitrogens with one attached hydrogen (secondary N) is 1. The molecular formula is C28H34N2O3. The van der Waals surface area contributed by atoms with E-state index in [2.05, 4.69) is 40.5 Å². The van der Waals surface area contributed by atoms with Gasteiger partial charge in [-0.1, -0.05) is 30.3 Å². The Hall–Kier alpha value is -2.53. The average molecular weight is 447 g/mol. The zero-order chi connectivity index (χ0) is 22.4. The number of nitrogens with zero attached hydrogens (tertiary/aromatic N) is 1. The third-order valence-electron chi connectivity index (χ3n) is 8.45. The number of piperidine rings is 3. The van der Waals surface area contributed by atoms with Crippen LogP contribution in [0.25, 0.3) is 11.1 Å². The number of amides is 1. The van der Waals surface area contributed by atoms with Gasteiger partial charge in [-0.25, -0.2) is 4.79 Å². The van der Waals surface area contributed by atoms with Crippen molar-refractivity contribution in [1.29, 1.82) is 0 Å². The fraction of sp³-hybridized carbons (Fsp3) is 0.536. The van der Waals surface area contributed by atoms with Gasteiger partial charge in [0, 0.05) is 6.54 Å². The van der Waals surface area contributed by atoms with Gasteiger partial charge in [0.05, 0.1) is 12.6 Å². The SMILES string of the molecule is CCOc1cccc(-c2ccc3c(c2)CCC2(CC2)C3NC(=O)O[C@H]2CN3CCC2CC3)c1. The van der Waals surface area contributed by atoms with Crippen LogP contribution in [0, 0.1) is 11.3 Å². The lowest BCUT2D eigenvalue weighted by atomic mass is 9.76. The molecule has 174 valence electrons. The Morgan fingerprint density at radius 3 is 2.64 bits per heavy atom. The number of hydrogen-bond donors (Lipinski definition) is 1. The lowest BCUT2D eigenvalue weighted by molar-refractivity contribution is -0.0347. The van der Waals surface area contributed by atoms with Gasteiger partial charge >= 0.3 is 6.09 Å². The maximum absolute atomic E-state index is 13.0. The first-order chi connectivity index (χ1) is 16.1. The molecule has 7 rings (SSSR count). The van der Waals surface area contributed by atoms with E-state index in [-0.39, 0.29) is 23.7 Å². The predicted molar refractivity (Wildman–Crippen MR) is 128 cm³/mol. The molecule has 3 heterocycles. The first kappa shape index (κ1) is 21.0. The average Bonchev–Trinajstić information content (AvgIpc) is 3.62. The molecule has 3 aliphatic heterocycles. The number of aryl methyl sites for hydroxylation is 1. The zero-order valence-electron chi connectivity index (χ0n) is 19.5. The van der Waals surface area contributed by atoms with E-state index in [1.165, 1.54) is 35.1 Å². The summed E-state index contributed by atoms with van der Waals surface area (Å²) in [6.45, 7) is 5.88. The topological polar surface area (TPSA) is 50.8 Å². The van der Waals surface area contributed by atoms with E-state index in [1.807, 2.05) is 19.1 Å². The van der Waals surface area contributed by atoms with Crippen molar-refractivity contribution >= 4 is 6.09 Å². The van der Waals surface area contributed by atoms with Crippen LogP contribution in [0.2, 0.25) is 0 Å². The summed E-state index contributed by atoms with van der Waals surface area (Å²) in [5.41, 5.74) is 5.21. The molecule has 5 heteroatoms. The number of fused-ring (bicyclic) bond motifs is 4. The molecule has 1 spiro atoms. The quantitative estimate of drug-likeness (QED) is 0.674. The summed E-state index contributed by atoms with van der Waals surface area (Å²) in [4.78, 5) is 15.4. The molecular weight excluding hydrogens is 412 g/mol. The van der Waals surface area contributed by atoms with Gasteiger partial charge in [0.25, 0.3) is 0 Å². The van der Waals surface area contributed by atoms with Crippen LogP contribution in [0.15, 0.2) is 42.5 Å². The van der Waals surface area contributed by atoms with Crippen molar-refractivity contribution in [2.75, 3.05) is 26.2 Å². The van der Waals surface area contributed by atoms with Crippen LogP contribution >= 0.6 is 0 Å². The van der Waals surface area contributed by atoms with Crippen molar-refractivity contribution in [2.24, 2.45) is 11.3 Å². The summed E-state index contributed by atoms with van der Waals surface area (Å²) in [5.74, 6) is 1.43. The van der Waals surface area contributed by atoms with E-state index in [0.717, 1.165) is 51.1 Å². The molecule has 5 aliphatic rings. The molecule has 1 N–H and O–H groups in total. The standard InChI is InChI=1S/C28H34N2O3/c1-2-32-23-5-3-4-20(17-23)21-6-7-24-22(16-21)8-11-28(12-13-28)26(24)29-27(31)33-25-18-30-14-9-19(25)10-15-30/h3-7,16-17,19,25-26H,2,8-15,18H2,1H3,(H,29,31)/t25-,26?/m0/s1. The molecule has 5 nitrogen and oxygen atoms in total. The van der Waals surface area contributed by atoms with Crippen LogP contribution in [0.4, 0.5) is 4.79 Å². The molecule has 33 heavy (non-hydrogen) atoms. The van der Waals surface area contributed by atoms with Crippen LogP contribution in [0.5, 0.6) is 5.75 Å². The number of alkyl carbamates (subject to hydrolysis) is 1. The minimum atomic E-state index is -0.230. The normalized spacial score (nSPS) is 28.8. The van der Waals surface area contributed by atoms with Gasteiger partial charge in [0.1, 0.15) is 11.9 Å². The Bertz CT molecular complexity index is 1040. The fourth-order valence-electron chi connectivity index (χ4n) is 6.34. The maximum Gasteiger partial charge on any atom is 0.407 e. The molecule has 2 atom stereocenters. The molecule has 1 amide bonds. The molecule has 2 aromatic rings. The van der Waals surface area contributed by atoms with Crippen LogP contribution in [0.3, 0.4) is 0 Å². The molecule has 2 bridgehead atoms. The second kappa shape index (κ2) is 8.35. The Balaban J connectivity index is 1.21. The van der Waals surface area contributed by atoms with E-state index in [9.17, 15) is 4.79 Å². The number of benzene rings is 2. The summed E-state index contributed by atoms with van der Waals surface area (Å²) in [5, 5.41) is 3.32. The molecule has 0 aromatic heterocycles. The molecule has 4 fully saturated rings. The molecule has 2 aliphatic carbocycles. The molecule has 2 aromatic carbocycles. The van der Waals surface area contributed by atoms with Gasteiger partial charge < -0.3 is 14.8 Å². The van der Waals surface area contributed by atoms with Crippen LogP contribution in [-0.4, -0.2) is 43.3 Å². The maximum atomic E-state index is 13.0. The Morgan fingerprint density at radius 2 is 1.91 bits per heavy atom. The molecule has 3 saturated heterocycles. The minimum Gasteiger partial charge on any atom is -0.494 e. The van der Waals surface area contributed by atoms with Crippen molar-refractivity contribution < 1.29 is 14.3 Å². The summed E-state index contributed by atoms with van der Waals surface area (Å²) in [7, 11) is 0. The van der Waals surface area contributed by atoms with Gasteiger partial charge in [0.2, 0.25) is 0 Å². The van der Waals surface area contributed by atoms with E-state index < -0.39 is 0 Å². The Kier molecular flexibility index (Phi) is 5.33. The highest BCUT2D eigenvalue weighted by Gasteiger charge is 2.53. The van der Waals surface area contributed by atoms with Gasteiger partial charge in [-0.2, -0.15) is 0 Å². The van der Waals surface area contributed by atoms with E-state index >= 15 is 0 Å². The van der Waals surface area contributed by atoms with Crippen molar-refractivity contribution in [3.8, 4) is 16.9 Å². The lowest BCUT2D eigenvalue weighted by Gasteiger charge is -2.44. The number of carbonyl (C=O) groups is 1.